The van der Waals surface area contributed by atoms with Crippen molar-refractivity contribution in [3.05, 3.63) is 54.1 Å². The fourth-order valence-electron chi connectivity index (χ4n) is 3.23. The summed E-state index contributed by atoms with van der Waals surface area (Å²) in [4.78, 5) is 12.2. The molecule has 0 aliphatic carbocycles. The first-order chi connectivity index (χ1) is 11.8. The second-order valence-corrected chi connectivity index (χ2v) is 7.14. The highest BCUT2D eigenvalue weighted by molar-refractivity contribution is 7.99. The topological polar surface area (TPSA) is 39.1 Å². The van der Waals surface area contributed by atoms with Gasteiger partial charge in [-0.2, -0.15) is 0 Å². The Bertz CT molecular complexity index is 754. The number of benzene rings is 2. The first kappa shape index (κ1) is 15.7. The third-order valence-electron chi connectivity index (χ3n) is 4.53. The van der Waals surface area contributed by atoms with Crippen molar-refractivity contribution in [2.24, 2.45) is 4.99 Å². The van der Waals surface area contributed by atoms with Crippen molar-refractivity contribution in [3.63, 3.8) is 0 Å². The first-order valence-corrected chi connectivity index (χ1v) is 9.20. The van der Waals surface area contributed by atoms with Crippen LogP contribution in [0, 0.1) is 0 Å². The van der Waals surface area contributed by atoms with Crippen molar-refractivity contribution in [1.29, 1.82) is 0 Å². The van der Waals surface area contributed by atoms with Crippen LogP contribution in [-0.4, -0.2) is 60.1 Å². The maximum absolute atomic E-state index is 9.13. The molecule has 2 aromatic carbocycles. The van der Waals surface area contributed by atoms with E-state index in [9.17, 15) is 0 Å². The second kappa shape index (κ2) is 6.97. The van der Waals surface area contributed by atoms with Crippen LogP contribution < -0.4 is 0 Å². The Morgan fingerprint density at radius 2 is 1.62 bits per heavy atom. The summed E-state index contributed by atoms with van der Waals surface area (Å²) < 4.78 is 0. The number of aliphatic hydroxyl groups excluding tert-OH is 1. The fraction of sp³-hybridized carbons (Fsp3) is 0.316. The molecule has 1 saturated heterocycles. The van der Waals surface area contributed by atoms with E-state index in [1.54, 1.807) is 11.8 Å². The Hall–Kier alpha value is -1.82. The minimum atomic E-state index is 0.230. The van der Waals surface area contributed by atoms with Crippen molar-refractivity contribution >= 4 is 23.3 Å². The van der Waals surface area contributed by atoms with E-state index in [1.165, 1.54) is 15.4 Å². The van der Waals surface area contributed by atoms with Crippen LogP contribution in [0.4, 0.5) is 5.69 Å². The molecule has 1 fully saturated rings. The van der Waals surface area contributed by atoms with Gasteiger partial charge in [0, 0.05) is 48.1 Å². The lowest BCUT2D eigenvalue weighted by molar-refractivity contribution is 0.147. The van der Waals surface area contributed by atoms with Gasteiger partial charge in [0.1, 0.15) is 5.84 Å². The van der Waals surface area contributed by atoms with Gasteiger partial charge in [-0.05, 0) is 18.2 Å². The maximum atomic E-state index is 9.13. The number of rotatable bonds is 2. The number of piperazine rings is 1. The third-order valence-corrected chi connectivity index (χ3v) is 5.67. The highest BCUT2D eigenvalue weighted by atomic mass is 32.2. The monoisotopic (exact) mass is 339 g/mol. The summed E-state index contributed by atoms with van der Waals surface area (Å²) in [6.07, 6.45) is 0. The maximum Gasteiger partial charge on any atom is 0.137 e. The van der Waals surface area contributed by atoms with Gasteiger partial charge in [0.05, 0.1) is 12.3 Å². The quantitative estimate of drug-likeness (QED) is 0.913. The van der Waals surface area contributed by atoms with Gasteiger partial charge in [0.25, 0.3) is 0 Å². The summed E-state index contributed by atoms with van der Waals surface area (Å²) in [5, 5.41) is 9.13. The zero-order valence-corrected chi connectivity index (χ0v) is 14.4. The van der Waals surface area contributed by atoms with Gasteiger partial charge in [0.2, 0.25) is 0 Å². The molecule has 4 nitrogen and oxygen atoms in total. The lowest BCUT2D eigenvalue weighted by Gasteiger charge is -2.36. The average molecular weight is 339 g/mol. The molecule has 0 unspecified atom stereocenters. The normalized spacial score (nSPS) is 17.7. The van der Waals surface area contributed by atoms with Crippen LogP contribution in [0.25, 0.3) is 0 Å². The Morgan fingerprint density at radius 1 is 0.917 bits per heavy atom. The molecule has 0 atom stereocenters. The summed E-state index contributed by atoms with van der Waals surface area (Å²) in [6, 6.07) is 16.9. The molecule has 124 valence electrons. The molecule has 0 aromatic heterocycles. The van der Waals surface area contributed by atoms with E-state index in [1.807, 2.05) is 0 Å². The molecule has 0 spiro atoms. The average Bonchev–Trinajstić information content (AvgIpc) is 2.79. The third kappa shape index (κ3) is 3.07. The molecule has 1 N–H and O–H groups in total. The van der Waals surface area contributed by atoms with Crippen molar-refractivity contribution in [2.45, 2.75) is 9.79 Å². The molecular formula is C19H21N3OS. The standard InChI is InChI=1S/C19H21N3OS/c23-14-13-21-9-11-22(12-10-21)19-15-5-1-3-7-17(15)24-18-8-4-2-6-16(18)20-19/h1-8,23H,9-14H2. The number of aliphatic hydroxyl groups is 1. The Labute approximate surface area is 146 Å². The smallest absolute Gasteiger partial charge is 0.137 e. The molecule has 2 aromatic rings. The van der Waals surface area contributed by atoms with Crippen molar-refractivity contribution in [3.8, 4) is 0 Å². The second-order valence-electron chi connectivity index (χ2n) is 6.05. The summed E-state index contributed by atoms with van der Waals surface area (Å²) in [6.45, 7) is 4.82. The van der Waals surface area contributed by atoms with Crippen LogP contribution in [-0.2, 0) is 0 Å². The van der Waals surface area contributed by atoms with Crippen LogP contribution in [0.2, 0.25) is 0 Å². The number of aliphatic imine (C=N–C) groups is 1. The number of fused-ring (bicyclic) bond motifs is 2. The zero-order valence-electron chi connectivity index (χ0n) is 13.6. The van der Waals surface area contributed by atoms with Crippen molar-refractivity contribution < 1.29 is 5.11 Å². The zero-order chi connectivity index (χ0) is 16.4. The van der Waals surface area contributed by atoms with E-state index < -0.39 is 0 Å². The minimum absolute atomic E-state index is 0.230. The SMILES string of the molecule is OCCN1CCN(C2=Nc3ccccc3Sc3ccccc32)CC1. The Morgan fingerprint density at radius 3 is 2.42 bits per heavy atom. The molecule has 0 radical (unpaired) electrons. The number of hydrogen-bond acceptors (Lipinski definition) is 5. The molecule has 4 rings (SSSR count). The van der Waals surface area contributed by atoms with E-state index in [4.69, 9.17) is 10.1 Å². The van der Waals surface area contributed by atoms with Gasteiger partial charge < -0.3 is 10.0 Å². The van der Waals surface area contributed by atoms with Gasteiger partial charge in [-0.1, -0.05) is 42.1 Å². The van der Waals surface area contributed by atoms with Crippen molar-refractivity contribution in [1.82, 2.24) is 9.80 Å². The lowest BCUT2D eigenvalue weighted by Crippen LogP contribution is -2.49. The van der Waals surface area contributed by atoms with Gasteiger partial charge in [0.15, 0.2) is 0 Å². The Kier molecular flexibility index (Phi) is 4.56. The molecule has 2 aliphatic rings. The summed E-state index contributed by atoms with van der Waals surface area (Å²) in [5.41, 5.74) is 2.26. The molecule has 24 heavy (non-hydrogen) atoms. The van der Waals surface area contributed by atoms with Crippen LogP contribution in [0.3, 0.4) is 0 Å². The van der Waals surface area contributed by atoms with E-state index in [2.05, 4.69) is 58.3 Å². The lowest BCUT2D eigenvalue weighted by atomic mass is 10.1. The molecule has 5 heteroatoms. The molecular weight excluding hydrogens is 318 g/mol. The predicted octanol–water partition coefficient (Wildman–Crippen LogP) is 2.84. The first-order valence-electron chi connectivity index (χ1n) is 8.38. The number of nitrogens with zero attached hydrogens (tertiary/aromatic N) is 3. The molecule has 0 bridgehead atoms. The summed E-state index contributed by atoms with van der Waals surface area (Å²) in [5.74, 6) is 1.08. The number of β-amino-alcohol motifs (C(OH)–C–C–N with tert-alkyl or cyclic N) is 1. The van der Waals surface area contributed by atoms with Crippen LogP contribution in [0.15, 0.2) is 63.3 Å². The number of para-hydroxylation sites is 1. The van der Waals surface area contributed by atoms with E-state index in [-0.39, 0.29) is 6.61 Å². The van der Waals surface area contributed by atoms with E-state index in [0.717, 1.165) is 44.2 Å². The van der Waals surface area contributed by atoms with Gasteiger partial charge >= 0.3 is 0 Å². The van der Waals surface area contributed by atoms with Gasteiger partial charge in [-0.3, -0.25) is 4.90 Å². The molecule has 0 amide bonds. The summed E-state index contributed by atoms with van der Waals surface area (Å²) in [7, 11) is 0. The molecule has 2 aliphatic heterocycles. The van der Waals surface area contributed by atoms with Crippen LogP contribution >= 0.6 is 11.8 Å². The summed E-state index contributed by atoms with van der Waals surface area (Å²) >= 11 is 1.80. The van der Waals surface area contributed by atoms with Crippen molar-refractivity contribution in [2.75, 3.05) is 39.3 Å². The largest absolute Gasteiger partial charge is 0.395 e. The number of hydrogen-bond donors (Lipinski definition) is 1. The fourth-order valence-corrected chi connectivity index (χ4v) is 4.25. The molecule has 0 saturated carbocycles. The highest BCUT2D eigenvalue weighted by Crippen LogP contribution is 2.40. The minimum Gasteiger partial charge on any atom is -0.395 e. The molecule has 2 heterocycles. The van der Waals surface area contributed by atoms with E-state index >= 15 is 0 Å². The van der Waals surface area contributed by atoms with E-state index in [0.29, 0.717) is 0 Å². The highest BCUT2D eigenvalue weighted by Gasteiger charge is 2.24. The van der Waals surface area contributed by atoms with Gasteiger partial charge in [-0.15, -0.1) is 0 Å². The van der Waals surface area contributed by atoms with Crippen LogP contribution in [0.5, 0.6) is 0 Å². The van der Waals surface area contributed by atoms with Crippen LogP contribution in [0.1, 0.15) is 5.56 Å². The van der Waals surface area contributed by atoms with Gasteiger partial charge in [-0.25, -0.2) is 4.99 Å². The predicted molar refractivity (Wildman–Crippen MR) is 98.3 cm³/mol. The number of amidine groups is 1. The Balaban J connectivity index is 1.69.